The summed E-state index contributed by atoms with van der Waals surface area (Å²) >= 11 is 0. The van der Waals surface area contributed by atoms with Crippen LogP contribution in [0.5, 0.6) is 5.75 Å². The lowest BCUT2D eigenvalue weighted by Gasteiger charge is -2.33. The first-order valence-electron chi connectivity index (χ1n) is 11.4. The van der Waals surface area contributed by atoms with E-state index in [2.05, 4.69) is 52.2 Å². The van der Waals surface area contributed by atoms with Gasteiger partial charge in [0.05, 0.1) is 24.7 Å². The van der Waals surface area contributed by atoms with Crippen molar-refractivity contribution < 1.29 is 9.47 Å². The molecule has 30 heavy (non-hydrogen) atoms. The Morgan fingerprint density at radius 3 is 2.63 bits per heavy atom. The van der Waals surface area contributed by atoms with Crippen LogP contribution in [-0.2, 0) is 11.3 Å². The maximum absolute atomic E-state index is 6.07. The summed E-state index contributed by atoms with van der Waals surface area (Å²) in [7, 11) is 2.19. The van der Waals surface area contributed by atoms with Gasteiger partial charge >= 0.3 is 0 Å². The van der Waals surface area contributed by atoms with Crippen LogP contribution in [0.3, 0.4) is 0 Å². The third-order valence-corrected chi connectivity index (χ3v) is 6.57. The monoisotopic (exact) mass is 409 g/mol. The largest absolute Gasteiger partial charge is 0.490 e. The molecule has 4 rings (SSSR count). The Balaban J connectivity index is 1.17. The number of rotatable bonds is 9. The van der Waals surface area contributed by atoms with E-state index in [0.29, 0.717) is 6.04 Å². The van der Waals surface area contributed by atoms with Crippen LogP contribution in [0, 0.1) is 5.92 Å². The molecule has 0 saturated carbocycles. The van der Waals surface area contributed by atoms with Crippen molar-refractivity contribution in [1.29, 1.82) is 0 Å². The van der Waals surface area contributed by atoms with Gasteiger partial charge in [0.2, 0.25) is 0 Å². The van der Waals surface area contributed by atoms with Gasteiger partial charge in [-0.15, -0.1) is 0 Å². The predicted octanol–water partition coefficient (Wildman–Crippen LogP) is 4.38. The number of hydrogen-bond donors (Lipinski definition) is 0. The lowest BCUT2D eigenvalue weighted by molar-refractivity contribution is 0.104. The number of ether oxygens (including phenoxy) is 2. The summed E-state index contributed by atoms with van der Waals surface area (Å²) < 4.78 is 12.0. The van der Waals surface area contributed by atoms with Gasteiger partial charge in [-0.05, 0) is 57.2 Å². The normalized spacial score (nSPS) is 20.6. The van der Waals surface area contributed by atoms with Gasteiger partial charge in [-0.2, -0.15) is 0 Å². The molecule has 2 fully saturated rings. The average Bonchev–Trinajstić information content (AvgIpc) is 3.21. The average molecular weight is 410 g/mol. The van der Waals surface area contributed by atoms with Crippen LogP contribution in [0.15, 0.2) is 48.8 Å². The van der Waals surface area contributed by atoms with E-state index >= 15 is 0 Å². The summed E-state index contributed by atoms with van der Waals surface area (Å²) in [5.74, 6) is 1.64. The molecule has 1 aromatic carbocycles. The van der Waals surface area contributed by atoms with Crippen LogP contribution in [0.1, 0.15) is 37.7 Å². The van der Waals surface area contributed by atoms with Crippen molar-refractivity contribution in [3.63, 3.8) is 0 Å². The Kier molecular flexibility index (Phi) is 7.59. The minimum atomic E-state index is 0.536. The van der Waals surface area contributed by atoms with Crippen LogP contribution < -0.4 is 9.64 Å². The lowest BCUT2D eigenvalue weighted by Crippen LogP contribution is -2.34. The van der Waals surface area contributed by atoms with Gasteiger partial charge in [-0.25, -0.2) is 0 Å². The van der Waals surface area contributed by atoms with Gasteiger partial charge in [0, 0.05) is 31.8 Å². The molecule has 3 heterocycles. The van der Waals surface area contributed by atoms with Crippen molar-refractivity contribution in [1.82, 2.24) is 9.88 Å². The highest BCUT2D eigenvalue weighted by atomic mass is 16.5. The Labute approximate surface area is 181 Å². The van der Waals surface area contributed by atoms with Gasteiger partial charge < -0.3 is 19.3 Å². The molecule has 2 saturated heterocycles. The summed E-state index contributed by atoms with van der Waals surface area (Å²) in [6, 6.07) is 13.1. The standard InChI is InChI=1S/C25H35N3O2/c1-27-12-5-8-23(27)20-30-25-16-24(17-26-18-25)28-13-9-21(10-14-28)11-15-29-19-22-6-3-2-4-7-22/h2-4,6-7,16-18,21,23H,5,8-15,19-20H2,1H3/t23-/m1/s1. The second-order valence-corrected chi connectivity index (χ2v) is 8.72. The van der Waals surface area contributed by atoms with Crippen molar-refractivity contribution >= 4 is 5.69 Å². The number of likely N-dealkylation sites (N-methyl/N-ethyl adjacent to an activating group) is 1. The summed E-state index contributed by atoms with van der Waals surface area (Å²) in [5.41, 5.74) is 2.44. The van der Waals surface area contributed by atoms with Crippen LogP contribution in [0.4, 0.5) is 5.69 Å². The number of piperidine rings is 1. The molecule has 5 nitrogen and oxygen atoms in total. The second-order valence-electron chi connectivity index (χ2n) is 8.72. The molecular formula is C25H35N3O2. The number of hydrogen-bond acceptors (Lipinski definition) is 5. The Morgan fingerprint density at radius 2 is 1.87 bits per heavy atom. The fraction of sp³-hybridized carbons (Fsp3) is 0.560. The van der Waals surface area contributed by atoms with Crippen molar-refractivity contribution in [2.45, 2.75) is 44.8 Å². The first-order valence-corrected chi connectivity index (χ1v) is 11.4. The molecule has 0 radical (unpaired) electrons. The Morgan fingerprint density at radius 1 is 1.03 bits per heavy atom. The maximum Gasteiger partial charge on any atom is 0.139 e. The maximum atomic E-state index is 6.07. The highest BCUT2D eigenvalue weighted by Gasteiger charge is 2.22. The van der Waals surface area contributed by atoms with Gasteiger partial charge in [0.25, 0.3) is 0 Å². The number of likely N-dealkylation sites (tertiary alicyclic amines) is 1. The molecule has 5 heteroatoms. The smallest absolute Gasteiger partial charge is 0.139 e. The molecule has 0 amide bonds. The molecule has 0 aliphatic carbocycles. The van der Waals surface area contributed by atoms with Crippen molar-refractivity contribution in [3.8, 4) is 5.75 Å². The molecule has 162 valence electrons. The first kappa shape index (κ1) is 21.1. The van der Waals surface area contributed by atoms with E-state index < -0.39 is 0 Å². The van der Waals surface area contributed by atoms with E-state index in [1.807, 2.05) is 18.5 Å². The number of nitrogens with zero attached hydrogens (tertiary/aromatic N) is 3. The fourth-order valence-corrected chi connectivity index (χ4v) is 4.54. The van der Waals surface area contributed by atoms with Crippen molar-refractivity contribution in [2.24, 2.45) is 5.92 Å². The summed E-state index contributed by atoms with van der Waals surface area (Å²) in [4.78, 5) is 9.27. The predicted molar refractivity (Wildman–Crippen MR) is 121 cm³/mol. The highest BCUT2D eigenvalue weighted by Crippen LogP contribution is 2.27. The Bertz CT molecular complexity index is 762. The SMILES string of the molecule is CN1CCC[C@@H]1COc1cncc(N2CCC(CCOCc3ccccc3)CC2)c1. The van der Waals surface area contributed by atoms with E-state index in [9.17, 15) is 0 Å². The van der Waals surface area contributed by atoms with Crippen LogP contribution in [0.2, 0.25) is 0 Å². The summed E-state index contributed by atoms with van der Waals surface area (Å²) in [6.07, 6.45) is 9.89. The molecule has 2 aliphatic rings. The van der Waals surface area contributed by atoms with E-state index in [1.54, 1.807) is 0 Å². The van der Waals surface area contributed by atoms with Gasteiger partial charge in [-0.1, -0.05) is 30.3 Å². The molecule has 1 aromatic heterocycles. The number of aromatic nitrogens is 1. The molecule has 0 bridgehead atoms. The second kappa shape index (κ2) is 10.8. The van der Waals surface area contributed by atoms with Crippen molar-refractivity contribution in [2.75, 3.05) is 44.8 Å². The molecule has 2 aliphatic heterocycles. The minimum Gasteiger partial charge on any atom is -0.490 e. The van der Waals surface area contributed by atoms with E-state index in [1.165, 1.54) is 43.5 Å². The molecular weight excluding hydrogens is 374 g/mol. The number of anilines is 1. The van der Waals surface area contributed by atoms with Gasteiger partial charge in [0.1, 0.15) is 12.4 Å². The first-order chi connectivity index (χ1) is 14.8. The molecule has 2 aromatic rings. The van der Waals surface area contributed by atoms with Gasteiger partial charge in [0.15, 0.2) is 0 Å². The topological polar surface area (TPSA) is 37.8 Å². The summed E-state index contributed by atoms with van der Waals surface area (Å²) in [6.45, 7) is 5.67. The number of pyridine rings is 1. The zero-order valence-corrected chi connectivity index (χ0v) is 18.2. The zero-order valence-electron chi connectivity index (χ0n) is 18.2. The minimum absolute atomic E-state index is 0.536. The quantitative estimate of drug-likeness (QED) is 0.575. The Hall–Kier alpha value is -2.11. The molecule has 0 N–H and O–H groups in total. The van der Waals surface area contributed by atoms with E-state index in [-0.39, 0.29) is 0 Å². The van der Waals surface area contributed by atoms with Crippen LogP contribution in [0.25, 0.3) is 0 Å². The third-order valence-electron chi connectivity index (χ3n) is 6.57. The van der Waals surface area contributed by atoms with Gasteiger partial charge in [-0.3, -0.25) is 4.98 Å². The van der Waals surface area contributed by atoms with E-state index in [0.717, 1.165) is 51.0 Å². The van der Waals surface area contributed by atoms with Crippen LogP contribution >= 0.6 is 0 Å². The van der Waals surface area contributed by atoms with Crippen molar-refractivity contribution in [3.05, 3.63) is 54.4 Å². The highest BCUT2D eigenvalue weighted by molar-refractivity contribution is 5.48. The third kappa shape index (κ3) is 5.96. The summed E-state index contributed by atoms with van der Waals surface area (Å²) in [5, 5.41) is 0. The lowest BCUT2D eigenvalue weighted by atomic mass is 9.94. The molecule has 1 atom stereocenters. The zero-order chi connectivity index (χ0) is 20.6. The molecule has 0 spiro atoms. The van der Waals surface area contributed by atoms with Crippen LogP contribution in [-0.4, -0.2) is 55.8 Å². The fourth-order valence-electron chi connectivity index (χ4n) is 4.54. The van der Waals surface area contributed by atoms with E-state index in [4.69, 9.17) is 9.47 Å². The molecule has 0 unspecified atom stereocenters. The number of benzene rings is 1.